The number of hydrogen-bond acceptors (Lipinski definition) is 4. The van der Waals surface area contributed by atoms with Gasteiger partial charge in [0.1, 0.15) is 11.4 Å². The van der Waals surface area contributed by atoms with E-state index in [0.717, 1.165) is 23.3 Å². The van der Waals surface area contributed by atoms with E-state index in [-0.39, 0.29) is 17.9 Å². The Morgan fingerprint density at radius 2 is 2.19 bits per heavy atom. The number of benzene rings is 1. The number of hydrogen-bond donors (Lipinski definition) is 1. The quantitative estimate of drug-likeness (QED) is 0.883. The van der Waals surface area contributed by atoms with Gasteiger partial charge in [0.25, 0.3) is 0 Å². The van der Waals surface area contributed by atoms with E-state index < -0.39 is 5.60 Å². The molecule has 1 aromatic heterocycles. The molecule has 0 bridgehead atoms. The Kier molecular flexibility index (Phi) is 4.91. The first-order valence-corrected chi connectivity index (χ1v) is 10.3. The van der Waals surface area contributed by atoms with Crippen molar-refractivity contribution >= 4 is 23.2 Å². The molecule has 1 N–H and O–H groups in total. The normalized spacial score (nSPS) is 24.9. The van der Waals surface area contributed by atoms with Crippen molar-refractivity contribution in [1.29, 1.82) is 0 Å². The third-order valence-corrected chi connectivity index (χ3v) is 6.33. The van der Waals surface area contributed by atoms with E-state index in [1.807, 2.05) is 48.1 Å². The molecule has 2 aromatic rings. The number of nitrogens with one attached hydrogen (secondary N) is 1. The second-order valence-electron chi connectivity index (χ2n) is 7.52. The Balaban J connectivity index is 1.56. The number of amides is 2. The van der Waals surface area contributed by atoms with Crippen molar-refractivity contribution in [3.05, 3.63) is 52.2 Å². The lowest BCUT2D eigenvalue weighted by Crippen LogP contribution is -2.46. The summed E-state index contributed by atoms with van der Waals surface area (Å²) in [5.41, 5.74) is 1.65. The molecule has 1 fully saturated rings. The number of carbonyl (C=O) groups excluding carboxylic acids is 2. The maximum atomic E-state index is 12.6. The summed E-state index contributed by atoms with van der Waals surface area (Å²) in [6, 6.07) is 9.80. The zero-order valence-corrected chi connectivity index (χ0v) is 16.3. The second-order valence-corrected chi connectivity index (χ2v) is 8.30. The van der Waals surface area contributed by atoms with E-state index in [1.54, 1.807) is 16.2 Å². The van der Waals surface area contributed by atoms with Crippen molar-refractivity contribution in [3.8, 4) is 5.75 Å². The van der Waals surface area contributed by atoms with Crippen LogP contribution in [0, 0.1) is 0 Å². The number of para-hydroxylation sites is 1. The van der Waals surface area contributed by atoms with Gasteiger partial charge < -0.3 is 15.0 Å². The van der Waals surface area contributed by atoms with Crippen LogP contribution in [0.25, 0.3) is 0 Å². The molecule has 1 aromatic carbocycles. The average Bonchev–Trinajstić information content (AvgIpc) is 3.12. The van der Waals surface area contributed by atoms with Crippen LogP contribution in [0.15, 0.2) is 41.1 Å². The van der Waals surface area contributed by atoms with Crippen molar-refractivity contribution in [2.75, 3.05) is 13.6 Å². The summed E-state index contributed by atoms with van der Waals surface area (Å²) in [5.74, 6) is 1.00. The van der Waals surface area contributed by atoms with Crippen LogP contribution in [0.5, 0.6) is 5.75 Å². The number of fused-ring (bicyclic) bond motifs is 1. The van der Waals surface area contributed by atoms with Gasteiger partial charge in [-0.2, -0.15) is 11.3 Å². The molecule has 2 aliphatic heterocycles. The number of likely N-dealkylation sites (tertiary alicyclic amines) is 1. The first-order chi connectivity index (χ1) is 13.0. The number of thiophene rings is 1. The SMILES string of the molecule is CN1CC[C@]2(CCC1=O)C[C@H](NC(=O)Cc1ccsc1)c1ccccc1O2. The Morgan fingerprint density at radius 1 is 1.33 bits per heavy atom. The van der Waals surface area contributed by atoms with E-state index in [4.69, 9.17) is 4.74 Å². The molecule has 3 heterocycles. The van der Waals surface area contributed by atoms with Crippen molar-refractivity contribution in [2.45, 2.75) is 43.7 Å². The summed E-state index contributed by atoms with van der Waals surface area (Å²) in [7, 11) is 1.85. The van der Waals surface area contributed by atoms with Crippen LogP contribution in [0.4, 0.5) is 0 Å². The first-order valence-electron chi connectivity index (χ1n) is 9.37. The monoisotopic (exact) mass is 384 g/mol. The molecule has 2 aliphatic rings. The molecule has 0 unspecified atom stereocenters. The Bertz CT molecular complexity index is 836. The van der Waals surface area contributed by atoms with Gasteiger partial charge in [-0.15, -0.1) is 0 Å². The summed E-state index contributed by atoms with van der Waals surface area (Å²) < 4.78 is 6.43. The molecular weight excluding hydrogens is 360 g/mol. The molecule has 0 radical (unpaired) electrons. The summed E-state index contributed by atoms with van der Waals surface area (Å²) >= 11 is 1.60. The number of carbonyl (C=O) groups is 2. The molecule has 1 spiro atoms. The largest absolute Gasteiger partial charge is 0.487 e. The lowest BCUT2D eigenvalue weighted by molar-refractivity contribution is -0.129. The molecule has 0 aliphatic carbocycles. The van der Waals surface area contributed by atoms with Crippen LogP contribution in [0.1, 0.15) is 42.9 Å². The summed E-state index contributed by atoms with van der Waals surface area (Å²) in [6.45, 7) is 0.677. The van der Waals surface area contributed by atoms with Gasteiger partial charge in [0, 0.05) is 38.4 Å². The molecule has 4 rings (SSSR count). The minimum atomic E-state index is -0.408. The minimum Gasteiger partial charge on any atom is -0.487 e. The average molecular weight is 385 g/mol. The fourth-order valence-corrected chi connectivity index (χ4v) is 4.69. The van der Waals surface area contributed by atoms with Crippen LogP contribution >= 0.6 is 11.3 Å². The van der Waals surface area contributed by atoms with Crippen LogP contribution < -0.4 is 10.1 Å². The molecule has 6 heteroatoms. The van der Waals surface area contributed by atoms with Crippen LogP contribution in [-0.4, -0.2) is 35.9 Å². The smallest absolute Gasteiger partial charge is 0.224 e. The van der Waals surface area contributed by atoms with Crippen LogP contribution in [0.2, 0.25) is 0 Å². The molecule has 2 amide bonds. The van der Waals surface area contributed by atoms with Crippen molar-refractivity contribution in [1.82, 2.24) is 10.2 Å². The van der Waals surface area contributed by atoms with E-state index in [0.29, 0.717) is 32.2 Å². The van der Waals surface area contributed by atoms with Crippen LogP contribution in [0.3, 0.4) is 0 Å². The third kappa shape index (κ3) is 3.86. The van der Waals surface area contributed by atoms with Crippen molar-refractivity contribution in [2.24, 2.45) is 0 Å². The van der Waals surface area contributed by atoms with Gasteiger partial charge in [-0.05, 0) is 34.9 Å². The Hall–Kier alpha value is -2.34. The first kappa shape index (κ1) is 18.0. The summed E-state index contributed by atoms with van der Waals surface area (Å²) in [4.78, 5) is 26.5. The van der Waals surface area contributed by atoms with Gasteiger partial charge in [0.05, 0.1) is 12.5 Å². The fourth-order valence-electron chi connectivity index (χ4n) is 4.02. The maximum absolute atomic E-state index is 12.6. The van der Waals surface area contributed by atoms with Gasteiger partial charge in [-0.3, -0.25) is 9.59 Å². The third-order valence-electron chi connectivity index (χ3n) is 5.60. The zero-order chi connectivity index (χ0) is 18.9. The molecule has 5 nitrogen and oxygen atoms in total. The van der Waals surface area contributed by atoms with Crippen LogP contribution in [-0.2, 0) is 16.0 Å². The predicted molar refractivity (Wildman–Crippen MR) is 105 cm³/mol. The van der Waals surface area contributed by atoms with Crippen molar-refractivity contribution in [3.63, 3.8) is 0 Å². The molecule has 1 saturated heterocycles. The number of ether oxygens (including phenoxy) is 1. The molecular formula is C21H24N2O3S. The summed E-state index contributed by atoms with van der Waals surface area (Å²) in [5, 5.41) is 7.21. The number of nitrogens with zero attached hydrogens (tertiary/aromatic N) is 1. The van der Waals surface area contributed by atoms with Crippen molar-refractivity contribution < 1.29 is 14.3 Å². The zero-order valence-electron chi connectivity index (χ0n) is 15.4. The minimum absolute atomic E-state index is 0.0204. The topological polar surface area (TPSA) is 58.6 Å². The van der Waals surface area contributed by atoms with Gasteiger partial charge >= 0.3 is 0 Å². The predicted octanol–water partition coefficient (Wildman–Crippen LogP) is 3.31. The molecule has 2 atom stereocenters. The Labute approximate surface area is 163 Å². The summed E-state index contributed by atoms with van der Waals surface area (Å²) in [6.07, 6.45) is 3.02. The second kappa shape index (κ2) is 7.35. The molecule has 27 heavy (non-hydrogen) atoms. The van der Waals surface area contributed by atoms with Gasteiger partial charge in [0.2, 0.25) is 11.8 Å². The highest BCUT2D eigenvalue weighted by atomic mass is 32.1. The van der Waals surface area contributed by atoms with E-state index in [1.165, 1.54) is 0 Å². The fraction of sp³-hybridized carbons (Fsp3) is 0.429. The lowest BCUT2D eigenvalue weighted by Gasteiger charge is -2.42. The highest BCUT2D eigenvalue weighted by Crippen LogP contribution is 2.44. The van der Waals surface area contributed by atoms with E-state index >= 15 is 0 Å². The molecule has 0 saturated carbocycles. The van der Waals surface area contributed by atoms with Gasteiger partial charge in [-0.1, -0.05) is 18.2 Å². The standard InChI is InChI=1S/C21H24N2O3S/c1-23-10-9-21(8-6-20(23)25)13-17(16-4-2-3-5-18(16)26-21)22-19(24)12-15-7-11-27-14-15/h2-5,7,11,14,17H,6,8-10,12-13H2,1H3,(H,22,24)/t17-,21+/m0/s1. The molecule has 142 valence electrons. The lowest BCUT2D eigenvalue weighted by atomic mass is 9.82. The maximum Gasteiger partial charge on any atom is 0.224 e. The highest BCUT2D eigenvalue weighted by molar-refractivity contribution is 7.08. The van der Waals surface area contributed by atoms with E-state index in [2.05, 4.69) is 5.32 Å². The highest BCUT2D eigenvalue weighted by Gasteiger charge is 2.43. The Morgan fingerprint density at radius 3 is 3.00 bits per heavy atom. The van der Waals surface area contributed by atoms with Gasteiger partial charge in [0.15, 0.2) is 0 Å². The number of rotatable bonds is 3. The van der Waals surface area contributed by atoms with E-state index in [9.17, 15) is 9.59 Å². The van der Waals surface area contributed by atoms with Gasteiger partial charge in [-0.25, -0.2) is 0 Å².